The van der Waals surface area contributed by atoms with Crippen molar-refractivity contribution in [2.24, 2.45) is 7.05 Å². The van der Waals surface area contributed by atoms with Gasteiger partial charge in [-0.2, -0.15) is 5.10 Å². The molecule has 0 atom stereocenters. The monoisotopic (exact) mass is 311 g/mol. The maximum absolute atomic E-state index is 12.4. The van der Waals surface area contributed by atoms with Gasteiger partial charge in [0, 0.05) is 23.9 Å². The van der Waals surface area contributed by atoms with Crippen molar-refractivity contribution in [3.63, 3.8) is 0 Å². The summed E-state index contributed by atoms with van der Waals surface area (Å²) < 4.78 is 1.73. The van der Waals surface area contributed by atoms with Crippen molar-refractivity contribution in [1.29, 1.82) is 0 Å². The summed E-state index contributed by atoms with van der Waals surface area (Å²) in [6.45, 7) is 0.498. The van der Waals surface area contributed by atoms with Crippen molar-refractivity contribution in [3.05, 3.63) is 59.8 Å². The molecule has 5 heteroatoms. The van der Waals surface area contributed by atoms with Crippen molar-refractivity contribution in [1.82, 2.24) is 15.1 Å². The van der Waals surface area contributed by atoms with Gasteiger partial charge in [-0.05, 0) is 30.0 Å². The normalized spacial score (nSPS) is 10.8. The number of hydrogen-bond donors (Lipinski definition) is 1. The van der Waals surface area contributed by atoms with Gasteiger partial charge in [0.1, 0.15) is 0 Å². The molecule has 3 aromatic rings. The fourth-order valence-corrected chi connectivity index (χ4v) is 2.80. The van der Waals surface area contributed by atoms with E-state index in [1.54, 1.807) is 16.4 Å². The Balaban J connectivity index is 1.75. The van der Waals surface area contributed by atoms with Gasteiger partial charge >= 0.3 is 0 Å². The zero-order chi connectivity index (χ0) is 15.5. The van der Waals surface area contributed by atoms with Crippen LogP contribution in [-0.2, 0) is 13.6 Å². The molecular formula is C17H17N3OS. The van der Waals surface area contributed by atoms with E-state index in [1.165, 1.54) is 4.90 Å². The fourth-order valence-electron chi connectivity index (χ4n) is 2.39. The topological polar surface area (TPSA) is 46.9 Å². The van der Waals surface area contributed by atoms with Crippen LogP contribution in [0.15, 0.2) is 53.4 Å². The van der Waals surface area contributed by atoms with Gasteiger partial charge < -0.3 is 5.32 Å². The first kappa shape index (κ1) is 14.7. The van der Waals surface area contributed by atoms with Crippen LogP contribution in [0.3, 0.4) is 0 Å². The van der Waals surface area contributed by atoms with Crippen LogP contribution in [0.4, 0.5) is 0 Å². The summed E-state index contributed by atoms with van der Waals surface area (Å²) in [5.74, 6) is -0.147. The van der Waals surface area contributed by atoms with Crippen LogP contribution >= 0.6 is 11.8 Å². The molecule has 0 aliphatic heterocycles. The third kappa shape index (κ3) is 2.85. The summed E-state index contributed by atoms with van der Waals surface area (Å²) in [5.41, 5.74) is 2.50. The number of carbonyl (C=O) groups is 1. The van der Waals surface area contributed by atoms with Crippen LogP contribution in [0.25, 0.3) is 10.9 Å². The van der Waals surface area contributed by atoms with Crippen molar-refractivity contribution >= 4 is 28.6 Å². The van der Waals surface area contributed by atoms with Gasteiger partial charge in [-0.25, -0.2) is 0 Å². The van der Waals surface area contributed by atoms with E-state index in [4.69, 9.17) is 0 Å². The van der Waals surface area contributed by atoms with Crippen LogP contribution in [0, 0.1) is 0 Å². The number of nitrogens with zero attached hydrogens (tertiary/aromatic N) is 2. The van der Waals surface area contributed by atoms with E-state index in [1.807, 2.05) is 49.7 Å². The lowest BCUT2D eigenvalue weighted by molar-refractivity contribution is 0.0947. The molecule has 112 valence electrons. The van der Waals surface area contributed by atoms with E-state index in [2.05, 4.69) is 22.5 Å². The molecule has 0 saturated heterocycles. The molecule has 2 aromatic carbocycles. The average Bonchev–Trinajstić information content (AvgIpc) is 2.91. The highest BCUT2D eigenvalue weighted by atomic mass is 32.2. The van der Waals surface area contributed by atoms with E-state index in [9.17, 15) is 4.79 Å². The fraction of sp³-hybridized carbons (Fsp3) is 0.176. The van der Waals surface area contributed by atoms with Gasteiger partial charge in [-0.3, -0.25) is 9.48 Å². The number of carbonyl (C=O) groups excluding carboxylic acids is 1. The SMILES string of the molecule is CSc1ccc(CNC(=O)c2nn(C)c3ccccc23)cc1. The molecule has 0 bridgehead atoms. The molecule has 1 aromatic heterocycles. The highest BCUT2D eigenvalue weighted by Crippen LogP contribution is 2.18. The number of thioether (sulfide) groups is 1. The summed E-state index contributed by atoms with van der Waals surface area (Å²) in [6, 6.07) is 15.9. The van der Waals surface area contributed by atoms with Gasteiger partial charge in [0.25, 0.3) is 5.91 Å². The molecule has 0 radical (unpaired) electrons. The Bertz CT molecular complexity index is 808. The summed E-state index contributed by atoms with van der Waals surface area (Å²) in [5, 5.41) is 8.14. The molecule has 4 nitrogen and oxygen atoms in total. The van der Waals surface area contributed by atoms with Crippen LogP contribution in [0.1, 0.15) is 16.1 Å². The van der Waals surface area contributed by atoms with E-state index in [0.29, 0.717) is 12.2 Å². The number of para-hydroxylation sites is 1. The van der Waals surface area contributed by atoms with Crippen LogP contribution < -0.4 is 5.32 Å². The second-order valence-electron chi connectivity index (χ2n) is 5.02. The lowest BCUT2D eigenvalue weighted by Crippen LogP contribution is -2.23. The Morgan fingerprint density at radius 3 is 2.64 bits per heavy atom. The molecule has 0 aliphatic carbocycles. The quantitative estimate of drug-likeness (QED) is 0.753. The second kappa shape index (κ2) is 6.23. The summed E-state index contributed by atoms with van der Waals surface area (Å²) in [7, 11) is 1.85. The molecule has 0 aliphatic rings. The zero-order valence-electron chi connectivity index (χ0n) is 12.5. The Kier molecular flexibility index (Phi) is 4.15. The number of amides is 1. The number of benzene rings is 2. The van der Waals surface area contributed by atoms with Crippen LogP contribution in [-0.4, -0.2) is 21.9 Å². The highest BCUT2D eigenvalue weighted by Gasteiger charge is 2.15. The van der Waals surface area contributed by atoms with E-state index in [-0.39, 0.29) is 5.91 Å². The molecule has 0 unspecified atom stereocenters. The van der Waals surface area contributed by atoms with Crippen LogP contribution in [0.2, 0.25) is 0 Å². The predicted molar refractivity (Wildman–Crippen MR) is 90.1 cm³/mol. The summed E-state index contributed by atoms with van der Waals surface area (Å²) >= 11 is 1.70. The van der Waals surface area contributed by atoms with Gasteiger partial charge in [0.15, 0.2) is 5.69 Å². The first-order valence-electron chi connectivity index (χ1n) is 7.02. The van der Waals surface area contributed by atoms with Crippen molar-refractivity contribution < 1.29 is 4.79 Å². The summed E-state index contributed by atoms with van der Waals surface area (Å²) in [4.78, 5) is 13.6. The van der Waals surface area contributed by atoms with Crippen molar-refractivity contribution in [3.8, 4) is 0 Å². The molecule has 0 spiro atoms. The maximum atomic E-state index is 12.4. The predicted octanol–water partition coefficient (Wildman–Crippen LogP) is 3.23. The van der Waals surface area contributed by atoms with Gasteiger partial charge in [-0.1, -0.05) is 30.3 Å². The minimum absolute atomic E-state index is 0.147. The smallest absolute Gasteiger partial charge is 0.272 e. The first-order valence-corrected chi connectivity index (χ1v) is 8.24. The zero-order valence-corrected chi connectivity index (χ0v) is 13.4. The number of hydrogen-bond acceptors (Lipinski definition) is 3. The van der Waals surface area contributed by atoms with E-state index >= 15 is 0 Å². The van der Waals surface area contributed by atoms with E-state index < -0.39 is 0 Å². The largest absolute Gasteiger partial charge is 0.347 e. The van der Waals surface area contributed by atoms with Crippen LogP contribution in [0.5, 0.6) is 0 Å². The Hall–Kier alpha value is -2.27. The van der Waals surface area contributed by atoms with Gasteiger partial charge in [0.05, 0.1) is 5.52 Å². The molecule has 22 heavy (non-hydrogen) atoms. The molecule has 0 fully saturated rings. The number of nitrogens with one attached hydrogen (secondary N) is 1. The second-order valence-corrected chi connectivity index (χ2v) is 5.90. The molecule has 1 amide bonds. The number of fused-ring (bicyclic) bond motifs is 1. The molecular weight excluding hydrogens is 294 g/mol. The number of rotatable bonds is 4. The minimum Gasteiger partial charge on any atom is -0.347 e. The minimum atomic E-state index is -0.147. The van der Waals surface area contributed by atoms with Gasteiger partial charge in [-0.15, -0.1) is 11.8 Å². The molecule has 0 saturated carbocycles. The first-order chi connectivity index (χ1) is 10.7. The molecule has 1 heterocycles. The standard InChI is InChI=1S/C17H17N3OS/c1-20-15-6-4-3-5-14(15)16(19-20)17(21)18-11-12-7-9-13(22-2)10-8-12/h3-10H,11H2,1-2H3,(H,18,21). The number of aryl methyl sites for hydroxylation is 1. The van der Waals surface area contributed by atoms with E-state index in [0.717, 1.165) is 16.5 Å². The average molecular weight is 311 g/mol. The lowest BCUT2D eigenvalue weighted by atomic mass is 10.2. The Labute approximate surface area is 133 Å². The van der Waals surface area contributed by atoms with Crippen molar-refractivity contribution in [2.45, 2.75) is 11.4 Å². The molecule has 1 N–H and O–H groups in total. The van der Waals surface area contributed by atoms with Crippen molar-refractivity contribution in [2.75, 3.05) is 6.26 Å². The summed E-state index contributed by atoms with van der Waals surface area (Å²) in [6.07, 6.45) is 2.04. The molecule has 3 rings (SSSR count). The van der Waals surface area contributed by atoms with Gasteiger partial charge in [0.2, 0.25) is 0 Å². The third-order valence-corrected chi connectivity index (χ3v) is 4.33. The Morgan fingerprint density at radius 1 is 1.18 bits per heavy atom. The highest BCUT2D eigenvalue weighted by molar-refractivity contribution is 7.98. The third-order valence-electron chi connectivity index (χ3n) is 3.59. The lowest BCUT2D eigenvalue weighted by Gasteiger charge is -2.04. The maximum Gasteiger partial charge on any atom is 0.272 e. The number of aromatic nitrogens is 2. The Morgan fingerprint density at radius 2 is 1.91 bits per heavy atom.